The van der Waals surface area contributed by atoms with Crippen LogP contribution in [0.25, 0.3) is 0 Å². The molecule has 1 aliphatic carbocycles. The molecule has 0 saturated heterocycles. The van der Waals surface area contributed by atoms with E-state index < -0.39 is 5.97 Å². The van der Waals surface area contributed by atoms with Crippen molar-refractivity contribution < 1.29 is 24.1 Å². The Morgan fingerprint density at radius 3 is 1.95 bits per heavy atom. The number of rotatable bonds is 14. The summed E-state index contributed by atoms with van der Waals surface area (Å²) in [6, 6.07) is 14.5. The number of Topliss-reactive ketones (excluding diaryl/α,β-unsaturated/α-hetero) is 2. The van der Waals surface area contributed by atoms with Crippen LogP contribution < -0.4 is 0 Å². The highest BCUT2D eigenvalue weighted by atomic mass is 32.2. The van der Waals surface area contributed by atoms with Gasteiger partial charge in [0.25, 0.3) is 0 Å². The predicted octanol–water partition coefficient (Wildman–Crippen LogP) is 7.80. The summed E-state index contributed by atoms with van der Waals surface area (Å²) in [5.41, 5.74) is 1.55. The van der Waals surface area contributed by atoms with Crippen LogP contribution in [0.1, 0.15) is 92.9 Å². The lowest BCUT2D eigenvalue weighted by molar-refractivity contribution is -0.143. The monoisotopic (exact) mass is 548 g/mol. The molecule has 0 N–H and O–H groups in total. The summed E-state index contributed by atoms with van der Waals surface area (Å²) in [6.07, 6.45) is 6.99. The summed E-state index contributed by atoms with van der Waals surface area (Å²) in [5.74, 6) is 0.192. The van der Waals surface area contributed by atoms with Gasteiger partial charge in [-0.1, -0.05) is 68.2 Å². The van der Waals surface area contributed by atoms with Gasteiger partial charge in [0.05, 0.1) is 0 Å². The van der Waals surface area contributed by atoms with Gasteiger partial charge in [-0.2, -0.15) is 0 Å². The van der Waals surface area contributed by atoms with Gasteiger partial charge in [0.15, 0.2) is 0 Å². The highest BCUT2D eigenvalue weighted by molar-refractivity contribution is 7.99. The highest BCUT2D eigenvalue weighted by Crippen LogP contribution is 2.30. The average molecular weight is 549 g/mol. The highest BCUT2D eigenvalue weighted by Gasteiger charge is 2.21. The van der Waals surface area contributed by atoms with Crippen molar-refractivity contribution in [1.82, 2.24) is 0 Å². The minimum absolute atomic E-state index is 0.200. The fourth-order valence-corrected chi connectivity index (χ4v) is 4.93. The standard InChI is InChI=1S/C31H36N2O5S/c1-5-21(3)37-32-22(4)30(35)24-12-16-26(17-13-24)39-27-18-14-25(15-19-27)31(36)28(33-38-29(34)6-2)20-11-23-9-7-8-10-23/h12-19,23H,3,5-11,20H2,1-2,4H3/b32-22+,33-28+. The number of ketones is 2. The molecule has 0 unspecified atom stereocenters. The number of nitrogens with zero attached hydrogens (tertiary/aromatic N) is 2. The van der Waals surface area contributed by atoms with Crippen LogP contribution in [0.4, 0.5) is 0 Å². The van der Waals surface area contributed by atoms with Gasteiger partial charge in [-0.15, -0.1) is 0 Å². The lowest BCUT2D eigenvalue weighted by Gasteiger charge is -2.10. The molecular formula is C31H36N2O5S. The summed E-state index contributed by atoms with van der Waals surface area (Å²) in [7, 11) is 0. The van der Waals surface area contributed by atoms with E-state index in [1.165, 1.54) is 37.4 Å². The molecule has 0 heterocycles. The van der Waals surface area contributed by atoms with Gasteiger partial charge < -0.3 is 9.68 Å². The van der Waals surface area contributed by atoms with Crippen molar-refractivity contribution in [3.05, 3.63) is 72.0 Å². The summed E-state index contributed by atoms with van der Waals surface area (Å²) in [6.45, 7) is 8.90. The summed E-state index contributed by atoms with van der Waals surface area (Å²) in [4.78, 5) is 49.4. The minimum Gasteiger partial charge on any atom is -0.362 e. The number of carbonyl (C=O) groups is 3. The van der Waals surface area contributed by atoms with E-state index in [9.17, 15) is 14.4 Å². The zero-order valence-corrected chi connectivity index (χ0v) is 23.7. The SMILES string of the molecule is C=C(CC)O/N=C(\C)C(=O)c1ccc(Sc2ccc(C(=O)/C(CCC3CCCC3)=N/OC(=O)CC)cc2)cc1. The third kappa shape index (κ3) is 9.32. The molecule has 2 aromatic rings. The molecule has 1 saturated carbocycles. The average Bonchev–Trinajstić information content (AvgIpc) is 3.49. The van der Waals surface area contributed by atoms with Gasteiger partial charge in [0.1, 0.15) is 17.2 Å². The van der Waals surface area contributed by atoms with Gasteiger partial charge >= 0.3 is 5.97 Å². The number of carbonyl (C=O) groups excluding carboxylic acids is 3. The summed E-state index contributed by atoms with van der Waals surface area (Å²) in [5, 5.41) is 7.80. The van der Waals surface area contributed by atoms with Gasteiger partial charge in [0.2, 0.25) is 11.6 Å². The van der Waals surface area contributed by atoms with Crippen molar-refractivity contribution in [1.29, 1.82) is 0 Å². The van der Waals surface area contributed by atoms with E-state index in [1.807, 2.05) is 31.2 Å². The molecule has 0 amide bonds. The first-order chi connectivity index (χ1) is 18.8. The maximum atomic E-state index is 13.2. The zero-order chi connectivity index (χ0) is 28.2. The molecule has 206 valence electrons. The van der Waals surface area contributed by atoms with Gasteiger partial charge in [0, 0.05) is 33.8 Å². The maximum absolute atomic E-state index is 13.2. The molecule has 7 nitrogen and oxygen atoms in total. The molecule has 0 aromatic heterocycles. The van der Waals surface area contributed by atoms with Crippen LogP contribution in [0.5, 0.6) is 0 Å². The number of oxime groups is 2. The Morgan fingerprint density at radius 2 is 1.41 bits per heavy atom. The summed E-state index contributed by atoms with van der Waals surface area (Å²) < 4.78 is 0. The number of allylic oxidation sites excluding steroid dienone is 1. The van der Waals surface area contributed by atoms with Crippen molar-refractivity contribution in [2.45, 2.75) is 81.9 Å². The van der Waals surface area contributed by atoms with Gasteiger partial charge in [-0.05, 0) is 74.2 Å². The van der Waals surface area contributed by atoms with Crippen molar-refractivity contribution in [2.24, 2.45) is 16.2 Å². The topological polar surface area (TPSA) is 94.4 Å². The van der Waals surface area contributed by atoms with Crippen molar-refractivity contribution in [2.75, 3.05) is 0 Å². The quantitative estimate of drug-likeness (QED) is 0.0786. The molecule has 1 fully saturated rings. The fraction of sp³-hybridized carbons (Fsp3) is 0.387. The van der Waals surface area contributed by atoms with Crippen molar-refractivity contribution in [3.8, 4) is 0 Å². The molecule has 1 aliphatic rings. The van der Waals surface area contributed by atoms with Gasteiger partial charge in [-0.3, -0.25) is 9.59 Å². The lowest BCUT2D eigenvalue weighted by atomic mass is 9.96. The van der Waals surface area contributed by atoms with E-state index in [0.29, 0.717) is 35.6 Å². The first-order valence-electron chi connectivity index (χ1n) is 13.4. The molecule has 39 heavy (non-hydrogen) atoms. The molecule has 0 atom stereocenters. The second-order valence-electron chi connectivity index (χ2n) is 9.51. The van der Waals surface area contributed by atoms with E-state index in [0.717, 1.165) is 16.2 Å². The third-order valence-electron chi connectivity index (χ3n) is 6.58. The van der Waals surface area contributed by atoms with Crippen LogP contribution in [0.15, 0.2) is 81.0 Å². The molecule has 0 radical (unpaired) electrons. The number of hydrogen-bond donors (Lipinski definition) is 0. The Hall–Kier alpha value is -3.52. The zero-order valence-electron chi connectivity index (χ0n) is 22.9. The molecule has 0 aliphatic heterocycles. The predicted molar refractivity (Wildman–Crippen MR) is 154 cm³/mol. The Bertz CT molecular complexity index is 1230. The molecule has 2 aromatic carbocycles. The van der Waals surface area contributed by atoms with E-state index in [1.54, 1.807) is 38.1 Å². The number of benzene rings is 2. The Morgan fingerprint density at radius 1 is 0.846 bits per heavy atom. The minimum atomic E-state index is -0.459. The first kappa shape index (κ1) is 30.0. The van der Waals surface area contributed by atoms with E-state index in [4.69, 9.17) is 9.68 Å². The largest absolute Gasteiger partial charge is 0.362 e. The first-order valence-corrected chi connectivity index (χ1v) is 14.3. The number of hydrogen-bond acceptors (Lipinski definition) is 8. The molecule has 8 heteroatoms. The smallest absolute Gasteiger partial charge is 0.334 e. The van der Waals surface area contributed by atoms with Crippen LogP contribution in [-0.2, 0) is 14.5 Å². The Labute approximate surface area is 234 Å². The lowest BCUT2D eigenvalue weighted by Crippen LogP contribution is -2.17. The molecule has 3 rings (SSSR count). The Balaban J connectivity index is 1.63. The van der Waals surface area contributed by atoms with Crippen molar-refractivity contribution >= 4 is 40.7 Å². The normalized spacial score (nSPS) is 14.2. The molecule has 0 spiro atoms. The van der Waals surface area contributed by atoms with E-state index >= 15 is 0 Å². The second-order valence-corrected chi connectivity index (χ2v) is 10.7. The maximum Gasteiger partial charge on any atom is 0.334 e. The van der Waals surface area contributed by atoms with E-state index in [2.05, 4.69) is 16.9 Å². The fourth-order valence-electron chi connectivity index (χ4n) is 4.11. The van der Waals surface area contributed by atoms with Crippen LogP contribution >= 0.6 is 11.8 Å². The summed E-state index contributed by atoms with van der Waals surface area (Å²) >= 11 is 1.52. The third-order valence-corrected chi connectivity index (χ3v) is 7.59. The Kier molecular flexibility index (Phi) is 11.7. The van der Waals surface area contributed by atoms with Crippen LogP contribution in [0, 0.1) is 5.92 Å². The van der Waals surface area contributed by atoms with Crippen molar-refractivity contribution in [3.63, 3.8) is 0 Å². The van der Waals surface area contributed by atoms with Gasteiger partial charge in [-0.25, -0.2) is 4.79 Å². The molecular weight excluding hydrogens is 512 g/mol. The van der Waals surface area contributed by atoms with Crippen LogP contribution in [0.3, 0.4) is 0 Å². The van der Waals surface area contributed by atoms with Crippen LogP contribution in [-0.4, -0.2) is 29.0 Å². The second kappa shape index (κ2) is 15.2. The van der Waals surface area contributed by atoms with E-state index in [-0.39, 0.29) is 29.4 Å². The molecule has 0 bridgehead atoms. The van der Waals surface area contributed by atoms with Crippen LogP contribution in [0.2, 0.25) is 0 Å².